The van der Waals surface area contributed by atoms with Crippen molar-refractivity contribution in [2.45, 2.75) is 26.7 Å². The van der Waals surface area contributed by atoms with Crippen LogP contribution in [-0.4, -0.2) is 54.3 Å². The first-order valence-corrected chi connectivity index (χ1v) is 8.60. The van der Waals surface area contributed by atoms with E-state index in [1.165, 1.54) is 12.1 Å². The molecule has 1 aromatic carbocycles. The minimum atomic E-state index is -0.328. The molecule has 1 aliphatic heterocycles. The summed E-state index contributed by atoms with van der Waals surface area (Å²) in [4.78, 5) is 28.4. The molecule has 0 unspecified atom stereocenters. The highest BCUT2D eigenvalue weighted by atomic mass is 19.1. The highest BCUT2D eigenvalue weighted by molar-refractivity contribution is 5.92. The number of carbonyl (C=O) groups is 2. The number of piperazine rings is 1. The van der Waals surface area contributed by atoms with Crippen LogP contribution in [0.4, 0.5) is 10.1 Å². The third kappa shape index (κ3) is 5.03. The molecule has 1 aliphatic rings. The summed E-state index contributed by atoms with van der Waals surface area (Å²) in [6.45, 7) is 7.10. The molecule has 5 nitrogen and oxygen atoms in total. The van der Waals surface area contributed by atoms with Gasteiger partial charge in [-0.3, -0.25) is 14.5 Å². The Morgan fingerprint density at radius 1 is 1.08 bits per heavy atom. The quantitative estimate of drug-likeness (QED) is 0.868. The number of nitrogens with zero attached hydrogens (tertiary/aromatic N) is 2. The SMILES string of the molecule is CCC(CC)C(=O)N1CCN(CC(=O)Nc2ccc(F)cc2)CC1. The summed E-state index contributed by atoms with van der Waals surface area (Å²) in [6.07, 6.45) is 1.74. The fraction of sp³-hybridized carbons (Fsp3) is 0.556. The van der Waals surface area contributed by atoms with Crippen molar-refractivity contribution >= 4 is 17.5 Å². The Morgan fingerprint density at radius 3 is 2.21 bits per heavy atom. The van der Waals surface area contributed by atoms with Crippen LogP contribution >= 0.6 is 0 Å². The zero-order chi connectivity index (χ0) is 17.5. The van der Waals surface area contributed by atoms with Crippen molar-refractivity contribution in [2.24, 2.45) is 5.92 Å². The minimum absolute atomic E-state index is 0.110. The van der Waals surface area contributed by atoms with Gasteiger partial charge in [0.1, 0.15) is 5.82 Å². The lowest BCUT2D eigenvalue weighted by Gasteiger charge is -2.35. The number of carbonyl (C=O) groups excluding carboxylic acids is 2. The van der Waals surface area contributed by atoms with Crippen LogP contribution in [0.5, 0.6) is 0 Å². The van der Waals surface area contributed by atoms with Gasteiger partial charge in [0.2, 0.25) is 11.8 Å². The van der Waals surface area contributed by atoms with Crippen molar-refractivity contribution in [3.8, 4) is 0 Å². The lowest BCUT2D eigenvalue weighted by Crippen LogP contribution is -2.51. The van der Waals surface area contributed by atoms with Gasteiger partial charge >= 0.3 is 0 Å². The first-order valence-electron chi connectivity index (χ1n) is 8.60. The van der Waals surface area contributed by atoms with E-state index in [9.17, 15) is 14.0 Å². The van der Waals surface area contributed by atoms with E-state index in [4.69, 9.17) is 0 Å². The molecule has 2 amide bonds. The third-order valence-electron chi connectivity index (χ3n) is 4.51. The number of benzene rings is 1. The Labute approximate surface area is 142 Å². The van der Waals surface area contributed by atoms with Crippen molar-refractivity contribution < 1.29 is 14.0 Å². The number of hydrogen-bond donors (Lipinski definition) is 1. The van der Waals surface area contributed by atoms with E-state index in [0.717, 1.165) is 12.8 Å². The van der Waals surface area contributed by atoms with Gasteiger partial charge in [0.05, 0.1) is 6.54 Å². The van der Waals surface area contributed by atoms with Gasteiger partial charge in [-0.05, 0) is 37.1 Å². The van der Waals surface area contributed by atoms with Crippen LogP contribution < -0.4 is 5.32 Å². The average molecular weight is 335 g/mol. The number of anilines is 1. The lowest BCUT2D eigenvalue weighted by atomic mass is 10.0. The van der Waals surface area contributed by atoms with Crippen molar-refractivity contribution in [3.63, 3.8) is 0 Å². The van der Waals surface area contributed by atoms with Gasteiger partial charge in [0.15, 0.2) is 0 Å². The lowest BCUT2D eigenvalue weighted by molar-refractivity contribution is -0.137. The Balaban J connectivity index is 1.77. The zero-order valence-electron chi connectivity index (χ0n) is 14.4. The first-order chi connectivity index (χ1) is 11.5. The number of hydrogen-bond acceptors (Lipinski definition) is 3. The second kappa shape index (κ2) is 8.78. The molecule has 2 rings (SSSR count). The summed E-state index contributed by atoms with van der Waals surface area (Å²) in [5.41, 5.74) is 0.587. The molecule has 1 heterocycles. The average Bonchev–Trinajstić information content (AvgIpc) is 2.58. The van der Waals surface area contributed by atoms with E-state index >= 15 is 0 Å². The molecule has 1 N–H and O–H groups in total. The fourth-order valence-electron chi connectivity index (χ4n) is 2.96. The molecule has 24 heavy (non-hydrogen) atoms. The summed E-state index contributed by atoms with van der Waals surface area (Å²) >= 11 is 0. The van der Waals surface area contributed by atoms with Crippen molar-refractivity contribution in [1.82, 2.24) is 9.80 Å². The molecule has 1 aromatic rings. The molecule has 0 bridgehead atoms. The van der Waals surface area contributed by atoms with E-state index in [2.05, 4.69) is 5.32 Å². The Kier molecular flexibility index (Phi) is 6.73. The number of nitrogens with one attached hydrogen (secondary N) is 1. The third-order valence-corrected chi connectivity index (χ3v) is 4.51. The van der Waals surface area contributed by atoms with E-state index in [0.29, 0.717) is 31.9 Å². The zero-order valence-corrected chi connectivity index (χ0v) is 14.4. The normalized spacial score (nSPS) is 15.6. The topological polar surface area (TPSA) is 52.7 Å². The number of amides is 2. The van der Waals surface area contributed by atoms with Crippen LogP contribution in [0.15, 0.2) is 24.3 Å². The number of halogens is 1. The van der Waals surface area contributed by atoms with E-state index in [1.807, 2.05) is 23.6 Å². The van der Waals surface area contributed by atoms with Crippen LogP contribution in [0.1, 0.15) is 26.7 Å². The molecule has 0 saturated carbocycles. The van der Waals surface area contributed by atoms with Gasteiger partial charge < -0.3 is 10.2 Å². The van der Waals surface area contributed by atoms with Crippen molar-refractivity contribution in [3.05, 3.63) is 30.1 Å². The summed E-state index contributed by atoms with van der Waals surface area (Å²) in [7, 11) is 0. The summed E-state index contributed by atoms with van der Waals surface area (Å²) in [5, 5.41) is 2.76. The molecule has 0 radical (unpaired) electrons. The molecule has 0 spiro atoms. The van der Waals surface area contributed by atoms with Gasteiger partial charge in [-0.1, -0.05) is 13.8 Å². The van der Waals surface area contributed by atoms with Crippen LogP contribution in [0.25, 0.3) is 0 Å². The Hall–Kier alpha value is -1.95. The second-order valence-electron chi connectivity index (χ2n) is 6.17. The predicted molar refractivity (Wildman–Crippen MR) is 92.1 cm³/mol. The van der Waals surface area contributed by atoms with E-state index < -0.39 is 0 Å². The summed E-state index contributed by atoms with van der Waals surface area (Å²) in [6, 6.07) is 5.72. The maximum Gasteiger partial charge on any atom is 0.238 e. The Morgan fingerprint density at radius 2 is 1.67 bits per heavy atom. The van der Waals surface area contributed by atoms with Gasteiger partial charge in [0, 0.05) is 37.8 Å². The number of rotatable bonds is 6. The van der Waals surface area contributed by atoms with Gasteiger partial charge in [-0.2, -0.15) is 0 Å². The van der Waals surface area contributed by atoms with E-state index in [1.54, 1.807) is 12.1 Å². The Bertz CT molecular complexity index is 550. The smallest absolute Gasteiger partial charge is 0.238 e. The predicted octanol–water partition coefficient (Wildman–Crippen LogP) is 2.34. The largest absolute Gasteiger partial charge is 0.340 e. The molecular weight excluding hydrogens is 309 g/mol. The highest BCUT2D eigenvalue weighted by Crippen LogP contribution is 2.14. The van der Waals surface area contributed by atoms with E-state index in [-0.39, 0.29) is 30.1 Å². The van der Waals surface area contributed by atoms with Crippen molar-refractivity contribution in [2.75, 3.05) is 38.0 Å². The van der Waals surface area contributed by atoms with Gasteiger partial charge in [-0.25, -0.2) is 4.39 Å². The van der Waals surface area contributed by atoms with Crippen molar-refractivity contribution in [1.29, 1.82) is 0 Å². The molecule has 0 aromatic heterocycles. The maximum absolute atomic E-state index is 12.9. The summed E-state index contributed by atoms with van der Waals surface area (Å²) in [5.74, 6) is -0.110. The highest BCUT2D eigenvalue weighted by Gasteiger charge is 2.26. The second-order valence-corrected chi connectivity index (χ2v) is 6.17. The molecule has 0 aliphatic carbocycles. The first kappa shape index (κ1) is 18.4. The molecular formula is C18H26FN3O2. The monoisotopic (exact) mass is 335 g/mol. The molecule has 0 atom stereocenters. The minimum Gasteiger partial charge on any atom is -0.340 e. The van der Waals surface area contributed by atoms with Gasteiger partial charge in [-0.15, -0.1) is 0 Å². The summed E-state index contributed by atoms with van der Waals surface area (Å²) < 4.78 is 12.9. The maximum atomic E-state index is 12.9. The standard InChI is InChI=1S/C18H26FN3O2/c1-3-14(4-2)18(24)22-11-9-21(10-12-22)13-17(23)20-16-7-5-15(19)6-8-16/h5-8,14H,3-4,9-13H2,1-2H3,(H,20,23). The van der Waals surface area contributed by atoms with Crippen LogP contribution in [0.2, 0.25) is 0 Å². The van der Waals surface area contributed by atoms with Crippen LogP contribution in [0.3, 0.4) is 0 Å². The molecule has 1 saturated heterocycles. The van der Waals surface area contributed by atoms with Gasteiger partial charge in [0.25, 0.3) is 0 Å². The van der Waals surface area contributed by atoms with Crippen LogP contribution in [-0.2, 0) is 9.59 Å². The molecule has 1 fully saturated rings. The fourth-order valence-corrected chi connectivity index (χ4v) is 2.96. The molecule has 6 heteroatoms. The van der Waals surface area contributed by atoms with Crippen LogP contribution in [0, 0.1) is 11.7 Å². The molecule has 132 valence electrons.